The molecule has 2 N–H and O–H groups in total. The molecule has 1 atom stereocenters. The molecule has 1 unspecified atom stereocenters. The third-order valence-corrected chi connectivity index (χ3v) is 6.48. The molecule has 1 aromatic rings. The van der Waals surface area contributed by atoms with Crippen LogP contribution in [-0.4, -0.2) is 32.6 Å². The summed E-state index contributed by atoms with van der Waals surface area (Å²) in [6, 6.07) is 7.81. The van der Waals surface area contributed by atoms with Crippen molar-refractivity contribution in [3.05, 3.63) is 29.8 Å². The van der Waals surface area contributed by atoms with Crippen LogP contribution in [0.1, 0.15) is 32.3 Å². The number of benzene rings is 1. The Morgan fingerprint density at radius 3 is 2.70 bits per heavy atom. The van der Waals surface area contributed by atoms with Crippen molar-refractivity contribution in [1.82, 2.24) is 0 Å². The summed E-state index contributed by atoms with van der Waals surface area (Å²) < 4.78 is 29.8. The van der Waals surface area contributed by atoms with E-state index in [4.69, 9.17) is 10.5 Å². The highest BCUT2D eigenvalue weighted by molar-refractivity contribution is 7.91. The van der Waals surface area contributed by atoms with E-state index in [2.05, 4.69) is 0 Å². The highest BCUT2D eigenvalue weighted by Gasteiger charge is 2.37. The maximum atomic E-state index is 12.1. The van der Waals surface area contributed by atoms with Gasteiger partial charge in [0.15, 0.2) is 9.84 Å². The zero-order valence-electron chi connectivity index (χ0n) is 12.1. The van der Waals surface area contributed by atoms with Crippen molar-refractivity contribution in [1.29, 1.82) is 0 Å². The van der Waals surface area contributed by atoms with E-state index in [0.29, 0.717) is 19.6 Å². The second-order valence-corrected chi connectivity index (χ2v) is 8.42. The third kappa shape index (κ3) is 2.83. The van der Waals surface area contributed by atoms with Gasteiger partial charge in [-0.3, -0.25) is 0 Å². The van der Waals surface area contributed by atoms with Gasteiger partial charge in [0.2, 0.25) is 0 Å². The molecule has 2 rings (SSSR count). The second-order valence-electron chi connectivity index (χ2n) is 5.74. The van der Waals surface area contributed by atoms with E-state index in [0.717, 1.165) is 17.7 Å². The Kier molecular flexibility index (Phi) is 4.39. The molecule has 0 saturated carbocycles. The van der Waals surface area contributed by atoms with E-state index in [9.17, 15) is 8.42 Å². The van der Waals surface area contributed by atoms with E-state index < -0.39 is 9.84 Å². The molecule has 20 heavy (non-hydrogen) atoms. The summed E-state index contributed by atoms with van der Waals surface area (Å²) in [7, 11) is -3.04. The maximum Gasteiger partial charge on any atom is 0.152 e. The lowest BCUT2D eigenvalue weighted by molar-refractivity contribution is 0.213. The molecule has 1 aliphatic heterocycles. The third-order valence-electron chi connectivity index (χ3n) is 4.27. The summed E-state index contributed by atoms with van der Waals surface area (Å²) in [6.07, 6.45) is 1.33. The van der Waals surface area contributed by atoms with E-state index in [1.54, 1.807) is 13.8 Å². The Labute approximate surface area is 121 Å². The first-order valence-electron chi connectivity index (χ1n) is 7.05. The van der Waals surface area contributed by atoms with Gasteiger partial charge in [-0.05, 0) is 32.8 Å². The van der Waals surface area contributed by atoms with Crippen LogP contribution in [0, 0.1) is 0 Å². The first kappa shape index (κ1) is 15.3. The number of nitrogens with two attached hydrogens (primary N) is 1. The molecule has 1 heterocycles. The summed E-state index contributed by atoms with van der Waals surface area (Å²) in [4.78, 5) is 0. The monoisotopic (exact) mass is 297 g/mol. The summed E-state index contributed by atoms with van der Waals surface area (Å²) in [6.45, 7) is 4.49. The van der Waals surface area contributed by atoms with Crippen molar-refractivity contribution < 1.29 is 13.2 Å². The first-order valence-corrected chi connectivity index (χ1v) is 8.77. The van der Waals surface area contributed by atoms with Gasteiger partial charge in [-0.25, -0.2) is 8.42 Å². The molecule has 0 spiro atoms. The van der Waals surface area contributed by atoms with Gasteiger partial charge in [0.05, 0.1) is 17.6 Å². The molecule has 0 fully saturated rings. The first-order chi connectivity index (χ1) is 9.41. The highest BCUT2D eigenvalue weighted by Crippen LogP contribution is 2.40. The number of para-hydroxylation sites is 1. The minimum Gasteiger partial charge on any atom is -0.493 e. The molecule has 0 aromatic heterocycles. The Bertz CT molecular complexity index is 568. The molecule has 4 nitrogen and oxygen atoms in total. The minimum atomic E-state index is -3.04. The van der Waals surface area contributed by atoms with Crippen LogP contribution >= 0.6 is 0 Å². The molecular weight excluding hydrogens is 274 g/mol. The summed E-state index contributed by atoms with van der Waals surface area (Å²) in [5, 5.41) is -0.340. The zero-order valence-corrected chi connectivity index (χ0v) is 12.9. The van der Waals surface area contributed by atoms with Crippen LogP contribution in [-0.2, 0) is 15.3 Å². The van der Waals surface area contributed by atoms with Gasteiger partial charge in [0.1, 0.15) is 5.75 Å². The molecule has 0 radical (unpaired) electrons. The molecular formula is C15H23NO3S. The summed E-state index contributed by atoms with van der Waals surface area (Å²) in [5.74, 6) is 1.02. The van der Waals surface area contributed by atoms with E-state index in [1.807, 2.05) is 24.3 Å². The topological polar surface area (TPSA) is 69.4 Å². The van der Waals surface area contributed by atoms with Crippen LogP contribution in [0.5, 0.6) is 5.75 Å². The fourth-order valence-corrected chi connectivity index (χ4v) is 3.82. The molecule has 0 amide bonds. The van der Waals surface area contributed by atoms with Crippen LogP contribution in [0.25, 0.3) is 0 Å². The van der Waals surface area contributed by atoms with Crippen molar-refractivity contribution in [2.75, 3.05) is 18.9 Å². The number of rotatable bonds is 5. The van der Waals surface area contributed by atoms with Gasteiger partial charge in [-0.2, -0.15) is 0 Å². The van der Waals surface area contributed by atoms with E-state index >= 15 is 0 Å². The van der Waals surface area contributed by atoms with Crippen LogP contribution < -0.4 is 10.5 Å². The Hall–Kier alpha value is -1.07. The molecule has 5 heteroatoms. The lowest BCUT2D eigenvalue weighted by atomic mass is 9.74. The number of sulfone groups is 1. The number of fused-ring (bicyclic) bond motifs is 1. The van der Waals surface area contributed by atoms with Crippen molar-refractivity contribution in [3.8, 4) is 5.75 Å². The number of hydrogen-bond acceptors (Lipinski definition) is 4. The van der Waals surface area contributed by atoms with Crippen molar-refractivity contribution in [3.63, 3.8) is 0 Å². The zero-order chi connectivity index (χ0) is 14.8. The maximum absolute atomic E-state index is 12.1. The average Bonchev–Trinajstić information content (AvgIpc) is 2.45. The quantitative estimate of drug-likeness (QED) is 0.901. The van der Waals surface area contributed by atoms with E-state index in [-0.39, 0.29) is 16.4 Å². The lowest BCUT2D eigenvalue weighted by Crippen LogP contribution is -2.41. The predicted molar refractivity (Wildman–Crippen MR) is 80.8 cm³/mol. The normalized spacial score (nSPS) is 22.4. The number of ether oxygens (including phenoxy) is 1. The summed E-state index contributed by atoms with van der Waals surface area (Å²) in [5.41, 5.74) is 6.78. The SMILES string of the molecule is CC(C)S(=O)(=O)CCC1(CN)CCOc2ccccc21. The molecule has 0 aliphatic carbocycles. The van der Waals surface area contributed by atoms with Gasteiger partial charge >= 0.3 is 0 Å². The van der Waals surface area contributed by atoms with Gasteiger partial charge < -0.3 is 10.5 Å². The molecule has 1 aliphatic rings. The Morgan fingerprint density at radius 2 is 2.05 bits per heavy atom. The fraction of sp³-hybridized carbons (Fsp3) is 0.600. The number of hydrogen-bond donors (Lipinski definition) is 1. The summed E-state index contributed by atoms with van der Waals surface area (Å²) >= 11 is 0. The Morgan fingerprint density at radius 1 is 1.35 bits per heavy atom. The van der Waals surface area contributed by atoms with Gasteiger partial charge in [-0.1, -0.05) is 18.2 Å². The fourth-order valence-electron chi connectivity index (χ4n) is 2.67. The highest BCUT2D eigenvalue weighted by atomic mass is 32.2. The van der Waals surface area contributed by atoms with Crippen molar-refractivity contribution in [2.24, 2.45) is 5.73 Å². The average molecular weight is 297 g/mol. The largest absolute Gasteiger partial charge is 0.493 e. The predicted octanol–water partition coefficient (Wildman–Crippen LogP) is 1.88. The van der Waals surface area contributed by atoms with Crippen LogP contribution in [0.2, 0.25) is 0 Å². The Balaban J connectivity index is 2.28. The molecule has 0 saturated heterocycles. The van der Waals surface area contributed by atoms with Gasteiger partial charge in [0.25, 0.3) is 0 Å². The van der Waals surface area contributed by atoms with Gasteiger partial charge in [0, 0.05) is 17.5 Å². The van der Waals surface area contributed by atoms with Crippen molar-refractivity contribution >= 4 is 9.84 Å². The molecule has 112 valence electrons. The standard InChI is InChI=1S/C15H23NO3S/c1-12(2)20(17,18)10-8-15(11-16)7-9-19-14-6-4-3-5-13(14)15/h3-6,12H,7-11,16H2,1-2H3. The van der Waals surface area contributed by atoms with Crippen LogP contribution in [0.15, 0.2) is 24.3 Å². The van der Waals surface area contributed by atoms with Crippen LogP contribution in [0.3, 0.4) is 0 Å². The lowest BCUT2D eigenvalue weighted by Gasteiger charge is -2.38. The van der Waals surface area contributed by atoms with Crippen molar-refractivity contribution in [2.45, 2.75) is 37.4 Å². The van der Waals surface area contributed by atoms with Gasteiger partial charge in [-0.15, -0.1) is 0 Å². The minimum absolute atomic E-state index is 0.177. The van der Waals surface area contributed by atoms with Crippen LogP contribution in [0.4, 0.5) is 0 Å². The smallest absolute Gasteiger partial charge is 0.152 e. The van der Waals surface area contributed by atoms with E-state index in [1.165, 1.54) is 0 Å². The molecule has 1 aromatic carbocycles. The molecule has 0 bridgehead atoms. The second kappa shape index (κ2) is 5.74.